The van der Waals surface area contributed by atoms with Gasteiger partial charge in [0.05, 0.1) is 20.4 Å². The molecule has 0 atom stereocenters. The summed E-state index contributed by atoms with van der Waals surface area (Å²) >= 11 is 0. The van der Waals surface area contributed by atoms with Crippen molar-refractivity contribution in [2.75, 3.05) is 26.9 Å². The lowest BCUT2D eigenvalue weighted by Crippen LogP contribution is -2.13. The lowest BCUT2D eigenvalue weighted by Gasteiger charge is -2.12. The van der Waals surface area contributed by atoms with E-state index in [0.29, 0.717) is 13.0 Å². The molecule has 0 heterocycles. The van der Waals surface area contributed by atoms with E-state index in [0.717, 1.165) is 30.2 Å². The van der Waals surface area contributed by atoms with Crippen LogP contribution in [0.25, 0.3) is 0 Å². The highest BCUT2D eigenvalue weighted by Crippen LogP contribution is 2.25. The summed E-state index contributed by atoms with van der Waals surface area (Å²) in [7, 11) is 1.62. The predicted molar refractivity (Wildman–Crippen MR) is 66.5 cm³/mol. The maximum atomic E-state index is 12.0. The van der Waals surface area contributed by atoms with Crippen LogP contribution in [0, 0.1) is 0 Å². The van der Waals surface area contributed by atoms with Crippen molar-refractivity contribution in [3.05, 3.63) is 23.8 Å². The van der Waals surface area contributed by atoms with E-state index >= 15 is 0 Å². The number of hydrogen-bond donors (Lipinski definition) is 1. The molecule has 0 unspecified atom stereocenters. The molecule has 0 bridgehead atoms. The summed E-state index contributed by atoms with van der Waals surface area (Å²) in [5.74, 6) is 1.51. The smallest absolute Gasteiger partial charge is 0.127 e. The summed E-state index contributed by atoms with van der Waals surface area (Å²) in [4.78, 5) is 0. The van der Waals surface area contributed by atoms with Gasteiger partial charge in [-0.15, -0.1) is 0 Å². The van der Waals surface area contributed by atoms with Crippen LogP contribution in [0.1, 0.15) is 18.9 Å². The maximum Gasteiger partial charge on any atom is 0.127 e. The number of alkyl halides is 1. The van der Waals surface area contributed by atoms with Crippen molar-refractivity contribution in [2.24, 2.45) is 0 Å². The summed E-state index contributed by atoms with van der Waals surface area (Å²) in [6.07, 6.45) is 0.415. The highest BCUT2D eigenvalue weighted by atomic mass is 19.1. The number of methoxy groups -OCH3 is 1. The van der Waals surface area contributed by atoms with Crippen molar-refractivity contribution >= 4 is 0 Å². The van der Waals surface area contributed by atoms with Gasteiger partial charge < -0.3 is 14.8 Å². The van der Waals surface area contributed by atoms with E-state index in [1.165, 1.54) is 0 Å². The zero-order valence-corrected chi connectivity index (χ0v) is 10.5. The molecule has 1 aromatic carbocycles. The van der Waals surface area contributed by atoms with Crippen LogP contribution in [-0.4, -0.2) is 26.9 Å². The molecule has 0 saturated carbocycles. The second-order valence-electron chi connectivity index (χ2n) is 3.64. The summed E-state index contributed by atoms with van der Waals surface area (Å²) < 4.78 is 22.7. The Morgan fingerprint density at radius 1 is 1.35 bits per heavy atom. The number of nitrogens with one attached hydrogen (secondary N) is 1. The number of halogens is 1. The summed E-state index contributed by atoms with van der Waals surface area (Å²) in [6.45, 7) is 3.73. The van der Waals surface area contributed by atoms with Crippen LogP contribution in [0.4, 0.5) is 4.39 Å². The van der Waals surface area contributed by atoms with Gasteiger partial charge in [0.2, 0.25) is 0 Å². The van der Waals surface area contributed by atoms with Crippen LogP contribution in [0.5, 0.6) is 11.5 Å². The van der Waals surface area contributed by atoms with Crippen LogP contribution in [0.3, 0.4) is 0 Å². The van der Waals surface area contributed by atoms with Crippen molar-refractivity contribution < 1.29 is 13.9 Å². The molecule has 1 N–H and O–H groups in total. The molecule has 96 valence electrons. The molecule has 17 heavy (non-hydrogen) atoms. The lowest BCUT2D eigenvalue weighted by atomic mass is 10.2. The first-order valence-corrected chi connectivity index (χ1v) is 5.88. The van der Waals surface area contributed by atoms with Crippen LogP contribution in [0.2, 0.25) is 0 Å². The molecule has 3 nitrogen and oxygen atoms in total. The molecule has 0 radical (unpaired) electrons. The Kier molecular flexibility index (Phi) is 6.40. The minimum atomic E-state index is -0.355. The van der Waals surface area contributed by atoms with Crippen LogP contribution in [0.15, 0.2) is 18.2 Å². The first-order chi connectivity index (χ1) is 8.31. The second kappa shape index (κ2) is 7.90. The molecule has 0 fully saturated rings. The van der Waals surface area contributed by atoms with Gasteiger partial charge in [0.1, 0.15) is 11.5 Å². The summed E-state index contributed by atoms with van der Waals surface area (Å²) in [5, 5.41) is 3.24. The van der Waals surface area contributed by atoms with Gasteiger partial charge in [-0.2, -0.15) is 0 Å². The number of rotatable bonds is 8. The molecule has 1 aromatic rings. The Bertz CT molecular complexity index is 331. The second-order valence-corrected chi connectivity index (χ2v) is 3.64. The molecule has 0 aliphatic carbocycles. The van der Waals surface area contributed by atoms with Crippen molar-refractivity contribution in [1.29, 1.82) is 0 Å². The van der Waals surface area contributed by atoms with Gasteiger partial charge in [-0.1, -0.05) is 13.0 Å². The SMILES string of the molecule is CCNCc1ccc(OC)cc1OCCCF. The summed E-state index contributed by atoms with van der Waals surface area (Å²) in [5.41, 5.74) is 1.06. The number of ether oxygens (including phenoxy) is 2. The van der Waals surface area contributed by atoms with E-state index in [1.807, 2.05) is 25.1 Å². The third kappa shape index (κ3) is 4.61. The Labute approximate surface area is 102 Å². The minimum absolute atomic E-state index is 0.355. The van der Waals surface area contributed by atoms with E-state index in [-0.39, 0.29) is 6.67 Å². The third-order valence-electron chi connectivity index (χ3n) is 2.38. The fourth-order valence-corrected chi connectivity index (χ4v) is 1.44. The van der Waals surface area contributed by atoms with Crippen LogP contribution >= 0.6 is 0 Å². The topological polar surface area (TPSA) is 30.5 Å². The van der Waals surface area contributed by atoms with Gasteiger partial charge in [-0.05, 0) is 12.6 Å². The molecule has 0 aromatic heterocycles. The summed E-state index contributed by atoms with van der Waals surface area (Å²) in [6, 6.07) is 5.70. The van der Waals surface area contributed by atoms with Gasteiger partial charge in [0, 0.05) is 24.6 Å². The lowest BCUT2D eigenvalue weighted by molar-refractivity contribution is 0.285. The van der Waals surface area contributed by atoms with Crippen molar-refractivity contribution in [2.45, 2.75) is 19.9 Å². The van der Waals surface area contributed by atoms with Gasteiger partial charge in [0.15, 0.2) is 0 Å². The fourth-order valence-electron chi connectivity index (χ4n) is 1.44. The van der Waals surface area contributed by atoms with Crippen molar-refractivity contribution in [3.63, 3.8) is 0 Å². The van der Waals surface area contributed by atoms with Gasteiger partial charge >= 0.3 is 0 Å². The molecule has 4 heteroatoms. The van der Waals surface area contributed by atoms with Crippen LogP contribution in [-0.2, 0) is 6.54 Å². The monoisotopic (exact) mass is 241 g/mol. The fraction of sp³-hybridized carbons (Fsp3) is 0.538. The standard InChI is InChI=1S/C13H20FNO2/c1-3-15-10-11-5-6-12(16-2)9-13(11)17-8-4-7-14/h5-6,9,15H,3-4,7-8,10H2,1-2H3. The highest BCUT2D eigenvalue weighted by Gasteiger charge is 2.05. The Morgan fingerprint density at radius 3 is 2.82 bits per heavy atom. The van der Waals surface area contributed by atoms with Gasteiger partial charge in [-0.3, -0.25) is 4.39 Å². The first kappa shape index (κ1) is 13.8. The Morgan fingerprint density at radius 2 is 2.18 bits per heavy atom. The molecule has 0 spiro atoms. The zero-order chi connectivity index (χ0) is 12.5. The Balaban J connectivity index is 2.71. The number of hydrogen-bond acceptors (Lipinski definition) is 3. The average Bonchev–Trinajstić information content (AvgIpc) is 2.37. The van der Waals surface area contributed by atoms with Gasteiger partial charge in [0.25, 0.3) is 0 Å². The molecule has 0 aliphatic heterocycles. The van der Waals surface area contributed by atoms with Crippen molar-refractivity contribution in [1.82, 2.24) is 5.32 Å². The largest absolute Gasteiger partial charge is 0.497 e. The molecular formula is C13H20FNO2. The zero-order valence-electron chi connectivity index (χ0n) is 10.5. The predicted octanol–water partition coefficient (Wildman–Crippen LogP) is 2.54. The van der Waals surface area contributed by atoms with E-state index < -0.39 is 0 Å². The quantitative estimate of drug-likeness (QED) is 0.709. The minimum Gasteiger partial charge on any atom is -0.497 e. The molecule has 0 saturated heterocycles. The van der Waals surface area contributed by atoms with E-state index in [2.05, 4.69) is 5.32 Å². The highest BCUT2D eigenvalue weighted by molar-refractivity contribution is 5.40. The van der Waals surface area contributed by atoms with E-state index in [1.54, 1.807) is 7.11 Å². The van der Waals surface area contributed by atoms with E-state index in [9.17, 15) is 4.39 Å². The third-order valence-corrected chi connectivity index (χ3v) is 2.38. The normalized spacial score (nSPS) is 10.3. The molecule has 0 amide bonds. The maximum absolute atomic E-state index is 12.0. The van der Waals surface area contributed by atoms with Gasteiger partial charge in [-0.25, -0.2) is 0 Å². The van der Waals surface area contributed by atoms with Crippen molar-refractivity contribution in [3.8, 4) is 11.5 Å². The number of benzene rings is 1. The molecule has 0 aliphatic rings. The van der Waals surface area contributed by atoms with Crippen LogP contribution < -0.4 is 14.8 Å². The first-order valence-electron chi connectivity index (χ1n) is 5.88. The molecular weight excluding hydrogens is 221 g/mol. The average molecular weight is 241 g/mol. The molecule has 1 rings (SSSR count). The van der Waals surface area contributed by atoms with E-state index in [4.69, 9.17) is 9.47 Å². The Hall–Kier alpha value is -1.29.